The smallest absolute Gasteiger partial charge is 0.258 e. The molecule has 1 unspecified atom stereocenters. The van der Waals surface area contributed by atoms with Gasteiger partial charge in [-0.25, -0.2) is 0 Å². The van der Waals surface area contributed by atoms with Crippen molar-refractivity contribution in [2.45, 2.75) is 59.2 Å². The number of primary amides is 1. The van der Waals surface area contributed by atoms with E-state index in [1.165, 1.54) is 11.8 Å². The molecular formula is C23H33ClN4O3S. The van der Waals surface area contributed by atoms with Crippen LogP contribution in [-0.2, 0) is 17.9 Å². The summed E-state index contributed by atoms with van der Waals surface area (Å²) in [6.07, 6.45) is 1.92. The molecule has 0 radical (unpaired) electrons. The van der Waals surface area contributed by atoms with Gasteiger partial charge in [0.15, 0.2) is 0 Å². The van der Waals surface area contributed by atoms with Crippen molar-refractivity contribution in [2.24, 2.45) is 22.4 Å². The molecule has 176 valence electrons. The highest BCUT2D eigenvalue weighted by Gasteiger charge is 2.36. The van der Waals surface area contributed by atoms with Crippen LogP contribution in [0.4, 0.5) is 0 Å². The minimum Gasteiger partial charge on any atom is -0.491 e. The summed E-state index contributed by atoms with van der Waals surface area (Å²) in [6.45, 7) is 9.33. The molecule has 1 amide bonds. The molecule has 32 heavy (non-hydrogen) atoms. The van der Waals surface area contributed by atoms with Gasteiger partial charge in [0.2, 0.25) is 5.91 Å². The largest absolute Gasteiger partial charge is 0.491 e. The van der Waals surface area contributed by atoms with E-state index < -0.39 is 11.4 Å². The molecule has 1 aromatic heterocycles. The van der Waals surface area contributed by atoms with Crippen LogP contribution in [0.25, 0.3) is 10.8 Å². The maximum atomic E-state index is 13.3. The number of aliphatic imine (C=N–C) groups is 1. The van der Waals surface area contributed by atoms with E-state index in [9.17, 15) is 9.59 Å². The number of nitrogens with two attached hydrogens (primary N) is 2. The van der Waals surface area contributed by atoms with Gasteiger partial charge in [-0.1, -0.05) is 33.3 Å². The van der Waals surface area contributed by atoms with Crippen LogP contribution >= 0.6 is 24.2 Å². The highest BCUT2D eigenvalue weighted by Crippen LogP contribution is 2.34. The number of nitrogens with zero attached hydrogens (tertiary/aromatic N) is 2. The monoisotopic (exact) mass is 480 g/mol. The Morgan fingerprint density at radius 1 is 1.34 bits per heavy atom. The molecule has 0 saturated carbocycles. The molecule has 0 aliphatic carbocycles. The van der Waals surface area contributed by atoms with Crippen molar-refractivity contribution in [2.75, 3.05) is 12.4 Å². The van der Waals surface area contributed by atoms with Gasteiger partial charge in [-0.05, 0) is 31.4 Å². The predicted molar refractivity (Wildman–Crippen MR) is 135 cm³/mol. The molecule has 0 fully saturated rings. The van der Waals surface area contributed by atoms with E-state index >= 15 is 0 Å². The lowest BCUT2D eigenvalue weighted by Crippen LogP contribution is -2.39. The van der Waals surface area contributed by atoms with E-state index in [1.807, 2.05) is 18.2 Å². The van der Waals surface area contributed by atoms with Crippen LogP contribution < -0.4 is 21.8 Å². The topological polar surface area (TPSA) is 113 Å². The van der Waals surface area contributed by atoms with Crippen LogP contribution in [0, 0.1) is 5.92 Å². The van der Waals surface area contributed by atoms with Gasteiger partial charge in [-0.15, -0.1) is 24.2 Å². The van der Waals surface area contributed by atoms with Crippen molar-refractivity contribution < 1.29 is 9.53 Å². The van der Waals surface area contributed by atoms with Crippen molar-refractivity contribution in [3.8, 4) is 5.75 Å². The van der Waals surface area contributed by atoms with Crippen molar-refractivity contribution in [3.05, 3.63) is 39.8 Å². The molecule has 0 spiro atoms. The second-order valence-electron chi connectivity index (χ2n) is 8.60. The Morgan fingerprint density at radius 3 is 2.62 bits per heavy atom. The summed E-state index contributed by atoms with van der Waals surface area (Å²) in [5.41, 5.74) is 12.2. The average Bonchev–Trinajstić information content (AvgIpc) is 3.14. The van der Waals surface area contributed by atoms with Gasteiger partial charge < -0.3 is 20.8 Å². The van der Waals surface area contributed by atoms with E-state index in [0.29, 0.717) is 41.7 Å². The van der Waals surface area contributed by atoms with Gasteiger partial charge in [-0.3, -0.25) is 14.6 Å². The third kappa shape index (κ3) is 5.13. The predicted octanol–water partition coefficient (Wildman–Crippen LogP) is 3.45. The summed E-state index contributed by atoms with van der Waals surface area (Å²) in [6, 6.07) is 5.62. The third-order valence-corrected chi connectivity index (χ3v) is 6.74. The number of rotatable bonds is 9. The Kier molecular flexibility index (Phi) is 8.79. The SMILES string of the molecule is CCCCOc1c(CN)n(CC(C)C)c(=O)c2ccc(C3=NC(C)(C(N)=O)CS3)cc12.Cl. The number of halogens is 1. The van der Waals surface area contributed by atoms with Crippen molar-refractivity contribution in [1.29, 1.82) is 0 Å². The Balaban J connectivity index is 0.00000363. The number of aromatic nitrogens is 1. The van der Waals surface area contributed by atoms with E-state index in [1.54, 1.807) is 11.5 Å². The number of pyridine rings is 1. The Labute approximate surface area is 199 Å². The van der Waals surface area contributed by atoms with Gasteiger partial charge in [0.25, 0.3) is 5.56 Å². The molecule has 1 aromatic carbocycles. The molecule has 2 aromatic rings. The number of ether oxygens (including phenoxy) is 1. The highest BCUT2D eigenvalue weighted by atomic mass is 35.5. The number of hydrogen-bond acceptors (Lipinski definition) is 6. The van der Waals surface area contributed by atoms with Gasteiger partial charge in [-0.2, -0.15) is 0 Å². The summed E-state index contributed by atoms with van der Waals surface area (Å²) >= 11 is 1.49. The molecule has 3 rings (SSSR count). The second kappa shape index (κ2) is 10.7. The zero-order valence-corrected chi connectivity index (χ0v) is 20.8. The molecule has 2 heterocycles. The van der Waals surface area contributed by atoms with Crippen LogP contribution in [0.2, 0.25) is 0 Å². The van der Waals surface area contributed by atoms with E-state index in [-0.39, 0.29) is 24.5 Å². The normalized spacial score (nSPS) is 18.0. The molecule has 1 aliphatic heterocycles. The molecule has 9 heteroatoms. The quantitative estimate of drug-likeness (QED) is 0.533. The van der Waals surface area contributed by atoms with Crippen LogP contribution in [0.15, 0.2) is 28.0 Å². The molecule has 7 nitrogen and oxygen atoms in total. The first-order valence-electron chi connectivity index (χ1n) is 10.8. The highest BCUT2D eigenvalue weighted by molar-refractivity contribution is 8.14. The Hall–Kier alpha value is -2.03. The maximum absolute atomic E-state index is 13.3. The van der Waals surface area contributed by atoms with Crippen LogP contribution in [0.5, 0.6) is 5.75 Å². The third-order valence-electron chi connectivity index (χ3n) is 5.43. The first-order valence-corrected chi connectivity index (χ1v) is 11.8. The van der Waals surface area contributed by atoms with Crippen LogP contribution in [-0.4, -0.2) is 33.4 Å². The van der Waals surface area contributed by atoms with E-state index in [0.717, 1.165) is 28.8 Å². The summed E-state index contributed by atoms with van der Waals surface area (Å²) in [4.78, 5) is 29.7. The summed E-state index contributed by atoms with van der Waals surface area (Å²) in [5.74, 6) is 1.01. The summed E-state index contributed by atoms with van der Waals surface area (Å²) in [5, 5.41) is 2.06. The first kappa shape index (κ1) is 26.2. The van der Waals surface area contributed by atoms with E-state index in [2.05, 4.69) is 25.8 Å². The van der Waals surface area contributed by atoms with Crippen molar-refractivity contribution in [3.63, 3.8) is 0 Å². The molecule has 0 bridgehead atoms. The fraction of sp³-hybridized carbons (Fsp3) is 0.522. The van der Waals surface area contributed by atoms with Crippen LogP contribution in [0.1, 0.15) is 51.8 Å². The molecule has 4 N–H and O–H groups in total. The van der Waals surface area contributed by atoms with Gasteiger partial charge >= 0.3 is 0 Å². The molecule has 1 atom stereocenters. The number of amides is 1. The summed E-state index contributed by atoms with van der Waals surface area (Å²) in [7, 11) is 0. The lowest BCUT2D eigenvalue weighted by molar-refractivity contribution is -0.121. The van der Waals surface area contributed by atoms with E-state index in [4.69, 9.17) is 16.2 Å². The number of hydrogen-bond donors (Lipinski definition) is 2. The minimum atomic E-state index is -0.918. The fourth-order valence-corrected chi connectivity index (χ4v) is 4.79. The number of thioether (sulfide) groups is 1. The van der Waals surface area contributed by atoms with Crippen molar-refractivity contribution in [1.82, 2.24) is 4.57 Å². The molecule has 0 saturated heterocycles. The maximum Gasteiger partial charge on any atom is 0.258 e. The minimum absolute atomic E-state index is 0. The Morgan fingerprint density at radius 2 is 2.06 bits per heavy atom. The lowest BCUT2D eigenvalue weighted by atomic mass is 10.0. The first-order chi connectivity index (χ1) is 14.7. The lowest BCUT2D eigenvalue weighted by Gasteiger charge is -2.21. The average molecular weight is 481 g/mol. The zero-order valence-electron chi connectivity index (χ0n) is 19.1. The Bertz CT molecular complexity index is 1080. The molecular weight excluding hydrogens is 448 g/mol. The van der Waals surface area contributed by atoms with Gasteiger partial charge in [0.1, 0.15) is 11.3 Å². The number of carbonyl (C=O) groups excluding carboxylic acids is 1. The zero-order chi connectivity index (χ0) is 22.8. The van der Waals surface area contributed by atoms with Crippen LogP contribution in [0.3, 0.4) is 0 Å². The molecule has 1 aliphatic rings. The number of carbonyl (C=O) groups is 1. The van der Waals surface area contributed by atoms with Crippen molar-refractivity contribution >= 4 is 45.9 Å². The number of benzene rings is 1. The standard InChI is InChI=1S/C23H32N4O3S.ClH/c1-5-6-9-30-19-17-10-15(20-26-23(4,13-31-20)22(25)29)7-8-16(17)21(28)27(12-14(2)3)18(19)11-24;/h7-8,10,14H,5-6,9,11-13,24H2,1-4H3,(H2,25,29);1H. The number of unbranched alkanes of at least 4 members (excludes halogenated alkanes) is 1. The summed E-state index contributed by atoms with van der Waals surface area (Å²) < 4.78 is 7.95. The second-order valence-corrected chi connectivity index (χ2v) is 9.56. The van der Waals surface area contributed by atoms with Gasteiger partial charge in [0.05, 0.1) is 22.7 Å². The van der Waals surface area contributed by atoms with Gasteiger partial charge in [0, 0.05) is 29.8 Å². The fourth-order valence-electron chi connectivity index (χ4n) is 3.61. The number of fused-ring (bicyclic) bond motifs is 1.